The van der Waals surface area contributed by atoms with Crippen molar-refractivity contribution in [2.24, 2.45) is 5.41 Å². The van der Waals surface area contributed by atoms with Crippen molar-refractivity contribution in [3.05, 3.63) is 35.4 Å². The molecule has 0 aliphatic carbocycles. The van der Waals surface area contributed by atoms with Gasteiger partial charge < -0.3 is 9.84 Å². The molecule has 0 spiro atoms. The largest absolute Gasteiger partial charge is 0.390 e. The molecule has 18 heavy (non-hydrogen) atoms. The van der Waals surface area contributed by atoms with E-state index >= 15 is 0 Å². The Morgan fingerprint density at radius 3 is 2.11 bits per heavy atom. The topological polar surface area (TPSA) is 29.5 Å². The summed E-state index contributed by atoms with van der Waals surface area (Å²) in [6.45, 7) is 5.71. The van der Waals surface area contributed by atoms with Gasteiger partial charge in [0, 0.05) is 19.1 Å². The minimum atomic E-state index is -0.957. The van der Waals surface area contributed by atoms with Crippen molar-refractivity contribution in [2.75, 3.05) is 7.11 Å². The number of halogens is 2. The number of benzene rings is 1. The average molecular weight is 258 g/mol. The molecule has 0 aromatic heterocycles. The van der Waals surface area contributed by atoms with Crippen LogP contribution in [-0.2, 0) is 11.2 Å². The smallest absolute Gasteiger partial charge is 0.129 e. The molecule has 4 heteroatoms. The fourth-order valence-electron chi connectivity index (χ4n) is 2.13. The Balaban J connectivity index is 2.90. The van der Waals surface area contributed by atoms with E-state index in [1.54, 1.807) is 0 Å². The third-order valence-corrected chi connectivity index (χ3v) is 2.93. The van der Waals surface area contributed by atoms with Crippen LogP contribution >= 0.6 is 0 Å². The maximum atomic E-state index is 13.5. The van der Waals surface area contributed by atoms with E-state index < -0.39 is 23.8 Å². The van der Waals surface area contributed by atoms with Crippen molar-refractivity contribution in [3.63, 3.8) is 0 Å². The number of aliphatic hydroxyl groups excluding tert-OH is 1. The van der Waals surface area contributed by atoms with Gasteiger partial charge in [0.05, 0.1) is 12.2 Å². The Morgan fingerprint density at radius 2 is 1.72 bits per heavy atom. The van der Waals surface area contributed by atoms with Gasteiger partial charge in [-0.15, -0.1) is 0 Å². The second-order valence-corrected chi connectivity index (χ2v) is 5.49. The highest BCUT2D eigenvalue weighted by Gasteiger charge is 2.32. The zero-order chi connectivity index (χ0) is 13.9. The Kier molecular flexibility index (Phi) is 4.82. The SMILES string of the molecule is COC(C(O)Cc1c(F)cccc1F)C(C)(C)C. The Labute approximate surface area is 107 Å². The van der Waals surface area contributed by atoms with Crippen molar-refractivity contribution in [1.82, 2.24) is 0 Å². The molecule has 2 nitrogen and oxygen atoms in total. The Bertz CT molecular complexity index is 379. The second kappa shape index (κ2) is 5.76. The van der Waals surface area contributed by atoms with E-state index in [2.05, 4.69) is 0 Å². The highest BCUT2D eigenvalue weighted by atomic mass is 19.1. The lowest BCUT2D eigenvalue weighted by Gasteiger charge is -2.33. The van der Waals surface area contributed by atoms with Gasteiger partial charge in [0.25, 0.3) is 0 Å². The van der Waals surface area contributed by atoms with Crippen LogP contribution in [0.5, 0.6) is 0 Å². The minimum Gasteiger partial charge on any atom is -0.390 e. The second-order valence-electron chi connectivity index (χ2n) is 5.49. The zero-order valence-electron chi connectivity index (χ0n) is 11.2. The lowest BCUT2D eigenvalue weighted by molar-refractivity contribution is -0.0703. The third kappa shape index (κ3) is 3.50. The molecule has 1 rings (SSSR count). The Morgan fingerprint density at radius 1 is 1.22 bits per heavy atom. The molecule has 0 saturated heterocycles. The highest BCUT2D eigenvalue weighted by Crippen LogP contribution is 2.27. The first-order chi connectivity index (χ1) is 8.27. The number of methoxy groups -OCH3 is 1. The van der Waals surface area contributed by atoms with E-state index in [0.29, 0.717) is 0 Å². The van der Waals surface area contributed by atoms with Gasteiger partial charge in [-0.05, 0) is 17.5 Å². The van der Waals surface area contributed by atoms with Crippen LogP contribution < -0.4 is 0 Å². The van der Waals surface area contributed by atoms with E-state index in [4.69, 9.17) is 4.74 Å². The number of rotatable bonds is 4. The number of hydrogen-bond donors (Lipinski definition) is 1. The molecular weight excluding hydrogens is 238 g/mol. The lowest BCUT2D eigenvalue weighted by Crippen LogP contribution is -2.40. The molecule has 0 aliphatic rings. The van der Waals surface area contributed by atoms with Crippen molar-refractivity contribution in [2.45, 2.75) is 39.4 Å². The average Bonchev–Trinajstić information content (AvgIpc) is 2.22. The summed E-state index contributed by atoms with van der Waals surface area (Å²) in [5, 5.41) is 10.1. The maximum absolute atomic E-state index is 13.5. The third-order valence-electron chi connectivity index (χ3n) is 2.93. The standard InChI is InChI=1S/C14H20F2O2/c1-14(2,3)13(18-4)12(17)8-9-10(15)6-5-7-11(9)16/h5-7,12-13,17H,8H2,1-4H3. The van der Waals surface area contributed by atoms with E-state index in [1.165, 1.54) is 25.3 Å². The van der Waals surface area contributed by atoms with Crippen molar-refractivity contribution in [3.8, 4) is 0 Å². The first-order valence-electron chi connectivity index (χ1n) is 5.91. The summed E-state index contributed by atoms with van der Waals surface area (Å²) in [4.78, 5) is 0. The van der Waals surface area contributed by atoms with E-state index in [9.17, 15) is 13.9 Å². The summed E-state index contributed by atoms with van der Waals surface area (Å²) in [7, 11) is 1.48. The summed E-state index contributed by atoms with van der Waals surface area (Å²) in [5.74, 6) is -1.28. The summed E-state index contributed by atoms with van der Waals surface area (Å²) in [6.07, 6.45) is -1.55. The van der Waals surface area contributed by atoms with E-state index in [-0.39, 0.29) is 17.4 Å². The number of aliphatic hydroxyl groups is 1. The predicted molar refractivity (Wildman–Crippen MR) is 66.3 cm³/mol. The van der Waals surface area contributed by atoms with Gasteiger partial charge in [0.2, 0.25) is 0 Å². The summed E-state index contributed by atoms with van der Waals surface area (Å²) in [5.41, 5.74) is -0.410. The quantitative estimate of drug-likeness (QED) is 0.899. The Hall–Kier alpha value is -1.00. The summed E-state index contributed by atoms with van der Waals surface area (Å²) < 4.78 is 32.2. The van der Waals surface area contributed by atoms with Crippen LogP contribution in [0, 0.1) is 17.0 Å². The summed E-state index contributed by atoms with van der Waals surface area (Å²) >= 11 is 0. The molecule has 0 saturated carbocycles. The molecule has 0 fully saturated rings. The van der Waals surface area contributed by atoms with Gasteiger partial charge in [-0.1, -0.05) is 26.8 Å². The molecular formula is C14H20F2O2. The molecule has 102 valence electrons. The van der Waals surface area contributed by atoms with Crippen LogP contribution in [-0.4, -0.2) is 24.4 Å². The molecule has 0 bridgehead atoms. The molecule has 0 aliphatic heterocycles. The van der Waals surface area contributed by atoms with Gasteiger partial charge >= 0.3 is 0 Å². The lowest BCUT2D eigenvalue weighted by atomic mass is 9.83. The van der Waals surface area contributed by atoms with Crippen molar-refractivity contribution in [1.29, 1.82) is 0 Å². The highest BCUT2D eigenvalue weighted by molar-refractivity contribution is 5.20. The van der Waals surface area contributed by atoms with E-state index in [1.807, 2.05) is 20.8 Å². The summed E-state index contributed by atoms with van der Waals surface area (Å²) in [6, 6.07) is 3.67. The fraction of sp³-hybridized carbons (Fsp3) is 0.571. The molecule has 1 N–H and O–H groups in total. The number of ether oxygens (including phenoxy) is 1. The molecule has 1 aromatic rings. The van der Waals surface area contributed by atoms with Gasteiger partial charge in [0.15, 0.2) is 0 Å². The van der Waals surface area contributed by atoms with Crippen LogP contribution in [0.25, 0.3) is 0 Å². The molecule has 0 amide bonds. The first kappa shape index (κ1) is 15.1. The van der Waals surface area contributed by atoms with Crippen LogP contribution in [0.15, 0.2) is 18.2 Å². The van der Waals surface area contributed by atoms with Gasteiger partial charge in [-0.2, -0.15) is 0 Å². The molecule has 2 unspecified atom stereocenters. The van der Waals surface area contributed by atoms with Crippen molar-refractivity contribution < 1.29 is 18.6 Å². The molecule has 1 aromatic carbocycles. The zero-order valence-corrected chi connectivity index (χ0v) is 11.2. The molecule has 0 radical (unpaired) electrons. The van der Waals surface area contributed by atoms with Crippen molar-refractivity contribution >= 4 is 0 Å². The van der Waals surface area contributed by atoms with Crippen LogP contribution in [0.2, 0.25) is 0 Å². The predicted octanol–water partition coefficient (Wildman–Crippen LogP) is 2.93. The normalized spacial score (nSPS) is 15.5. The molecule has 2 atom stereocenters. The van der Waals surface area contributed by atoms with Gasteiger partial charge in [-0.25, -0.2) is 8.78 Å². The van der Waals surface area contributed by atoms with Crippen LogP contribution in [0.1, 0.15) is 26.3 Å². The van der Waals surface area contributed by atoms with Crippen LogP contribution in [0.4, 0.5) is 8.78 Å². The minimum absolute atomic E-state index is 0.101. The van der Waals surface area contributed by atoms with Gasteiger partial charge in [0.1, 0.15) is 11.6 Å². The van der Waals surface area contributed by atoms with Crippen LogP contribution in [0.3, 0.4) is 0 Å². The monoisotopic (exact) mass is 258 g/mol. The molecule has 0 heterocycles. The van der Waals surface area contributed by atoms with Gasteiger partial charge in [-0.3, -0.25) is 0 Å². The fourth-order valence-corrected chi connectivity index (χ4v) is 2.13. The number of hydrogen-bond acceptors (Lipinski definition) is 2. The van der Waals surface area contributed by atoms with E-state index in [0.717, 1.165) is 0 Å². The first-order valence-corrected chi connectivity index (χ1v) is 5.91. The maximum Gasteiger partial charge on any atom is 0.129 e.